The molecule has 0 aromatic heterocycles. The zero-order valence-corrected chi connectivity index (χ0v) is 11.0. The van der Waals surface area contributed by atoms with E-state index in [1.165, 1.54) is 13.0 Å². The van der Waals surface area contributed by atoms with E-state index in [9.17, 15) is 14.7 Å². The molecule has 108 valence electrons. The highest BCUT2D eigenvalue weighted by molar-refractivity contribution is 6.02. The molecule has 2 saturated heterocycles. The molecule has 0 saturated carbocycles. The highest BCUT2D eigenvalue weighted by atomic mass is 16.7. The Morgan fingerprint density at radius 3 is 3.15 bits per heavy atom. The Morgan fingerprint density at radius 1 is 1.60 bits per heavy atom. The molecule has 1 unspecified atom stereocenters. The van der Waals surface area contributed by atoms with E-state index >= 15 is 0 Å². The molecule has 2 aliphatic heterocycles. The number of piperidine rings is 1. The fourth-order valence-electron chi connectivity index (χ4n) is 2.74. The smallest absolute Gasteiger partial charge is 0.302 e. The van der Waals surface area contributed by atoms with Crippen LogP contribution in [0.2, 0.25) is 0 Å². The lowest BCUT2D eigenvalue weighted by atomic mass is 9.75. The van der Waals surface area contributed by atoms with Crippen molar-refractivity contribution in [2.75, 3.05) is 19.9 Å². The number of nitrogens with one attached hydrogen (secondary N) is 1. The van der Waals surface area contributed by atoms with E-state index in [4.69, 9.17) is 14.2 Å². The van der Waals surface area contributed by atoms with E-state index < -0.39 is 23.4 Å². The normalized spacial score (nSPS) is 31.8. The molecule has 2 atom stereocenters. The third kappa shape index (κ3) is 1.90. The average Bonchev–Trinajstić information content (AvgIpc) is 2.84. The number of fused-ring (bicyclic) bond motifs is 2. The van der Waals surface area contributed by atoms with Crippen molar-refractivity contribution in [1.29, 1.82) is 0 Å². The number of hydrogen-bond donors (Lipinski definition) is 2. The minimum Gasteiger partial charge on any atom is -0.464 e. The zero-order valence-electron chi connectivity index (χ0n) is 11.0. The van der Waals surface area contributed by atoms with Gasteiger partial charge in [-0.25, -0.2) is 0 Å². The highest BCUT2D eigenvalue weighted by Gasteiger charge is 2.51. The van der Waals surface area contributed by atoms with Gasteiger partial charge >= 0.3 is 5.97 Å². The summed E-state index contributed by atoms with van der Waals surface area (Å²) in [6.45, 7) is 1.78. The molecule has 7 nitrogen and oxygen atoms in total. The molecule has 2 N–H and O–H groups in total. The van der Waals surface area contributed by atoms with Gasteiger partial charge in [-0.3, -0.25) is 9.59 Å². The summed E-state index contributed by atoms with van der Waals surface area (Å²) in [5, 5.41) is 13.8. The predicted octanol–water partition coefficient (Wildman–Crippen LogP) is -0.633. The lowest BCUT2D eigenvalue weighted by Gasteiger charge is -2.40. The zero-order chi connectivity index (χ0) is 14.3. The molecule has 2 fully saturated rings. The molecule has 3 aliphatic rings. The number of rotatable bonds is 2. The van der Waals surface area contributed by atoms with E-state index in [1.54, 1.807) is 0 Å². The molecule has 0 radical (unpaired) electrons. The third-order valence-electron chi connectivity index (χ3n) is 3.68. The Bertz CT molecular complexity index is 537. The molecule has 2 heterocycles. The topological polar surface area (TPSA) is 94.1 Å². The van der Waals surface area contributed by atoms with Crippen molar-refractivity contribution >= 4 is 11.8 Å². The van der Waals surface area contributed by atoms with Crippen molar-refractivity contribution in [3.8, 4) is 0 Å². The molecule has 0 aromatic rings. The maximum Gasteiger partial charge on any atom is 0.302 e. The van der Waals surface area contributed by atoms with E-state index in [0.29, 0.717) is 23.6 Å². The van der Waals surface area contributed by atoms with Gasteiger partial charge in [-0.05, 0) is 6.54 Å². The minimum absolute atomic E-state index is 0.00825. The molecule has 7 heteroatoms. The average molecular weight is 281 g/mol. The summed E-state index contributed by atoms with van der Waals surface area (Å²) in [4.78, 5) is 23.1. The Kier molecular flexibility index (Phi) is 3.02. The predicted molar refractivity (Wildman–Crippen MR) is 65.1 cm³/mol. The number of hydrogen-bond acceptors (Lipinski definition) is 7. The van der Waals surface area contributed by atoms with Gasteiger partial charge in [0.25, 0.3) is 0 Å². The van der Waals surface area contributed by atoms with Crippen LogP contribution in [0.5, 0.6) is 0 Å². The first kappa shape index (κ1) is 13.1. The Hall–Kier alpha value is -1.86. The van der Waals surface area contributed by atoms with E-state index in [-0.39, 0.29) is 19.8 Å². The molecule has 0 bridgehead atoms. The number of aliphatic hydroxyl groups is 1. The molecular formula is C13H15NO6. The van der Waals surface area contributed by atoms with Crippen LogP contribution in [0, 0.1) is 0 Å². The van der Waals surface area contributed by atoms with Gasteiger partial charge in [0.15, 0.2) is 22.9 Å². The molecule has 3 rings (SSSR count). The van der Waals surface area contributed by atoms with Crippen LogP contribution < -0.4 is 5.32 Å². The Labute approximate surface area is 115 Å². The summed E-state index contributed by atoms with van der Waals surface area (Å²) >= 11 is 0. The molecule has 0 amide bonds. The summed E-state index contributed by atoms with van der Waals surface area (Å²) in [6.07, 6.45) is 1.51. The second-order valence-corrected chi connectivity index (χ2v) is 4.94. The van der Waals surface area contributed by atoms with Crippen molar-refractivity contribution in [2.45, 2.75) is 25.0 Å². The van der Waals surface area contributed by atoms with Crippen LogP contribution in [0.4, 0.5) is 0 Å². The van der Waals surface area contributed by atoms with Crippen LogP contribution in [0.3, 0.4) is 0 Å². The quantitative estimate of drug-likeness (QED) is 0.651. The standard InChI is InChI=1S/C13H15NO6/c1-7(15)18-5-8-11-12-9(19-6-20-12)4-10(16)13(11,17)2-3-14-8/h4,8,14,17H,2-3,5-6H2,1H3/t8-,13?/m0/s1. The summed E-state index contributed by atoms with van der Waals surface area (Å²) in [7, 11) is 0. The molecular weight excluding hydrogens is 266 g/mol. The molecule has 0 spiro atoms. The van der Waals surface area contributed by atoms with Gasteiger partial charge in [0, 0.05) is 25.0 Å². The third-order valence-corrected chi connectivity index (χ3v) is 3.68. The lowest BCUT2D eigenvalue weighted by Crippen LogP contribution is -2.57. The number of carbonyl (C=O) groups excluding carboxylic acids is 2. The summed E-state index contributed by atoms with van der Waals surface area (Å²) < 4.78 is 15.6. The van der Waals surface area contributed by atoms with Crippen molar-refractivity contribution in [3.05, 3.63) is 23.2 Å². The maximum absolute atomic E-state index is 12.1. The molecule has 20 heavy (non-hydrogen) atoms. The van der Waals surface area contributed by atoms with Gasteiger partial charge < -0.3 is 24.6 Å². The maximum atomic E-state index is 12.1. The van der Waals surface area contributed by atoms with E-state index in [0.717, 1.165) is 0 Å². The second-order valence-electron chi connectivity index (χ2n) is 4.94. The first-order valence-corrected chi connectivity index (χ1v) is 6.38. The second kappa shape index (κ2) is 4.60. The van der Waals surface area contributed by atoms with Gasteiger partial charge in [-0.15, -0.1) is 0 Å². The van der Waals surface area contributed by atoms with Crippen molar-refractivity contribution < 1.29 is 28.9 Å². The fourth-order valence-corrected chi connectivity index (χ4v) is 2.74. The first-order chi connectivity index (χ1) is 9.52. The summed E-state index contributed by atoms with van der Waals surface area (Å²) in [5.41, 5.74) is -1.22. The van der Waals surface area contributed by atoms with Crippen LogP contribution in [-0.2, 0) is 23.8 Å². The van der Waals surface area contributed by atoms with E-state index in [2.05, 4.69) is 5.32 Å². The Morgan fingerprint density at radius 2 is 2.40 bits per heavy atom. The number of ketones is 1. The van der Waals surface area contributed by atoms with Crippen molar-refractivity contribution in [3.63, 3.8) is 0 Å². The minimum atomic E-state index is -1.61. The van der Waals surface area contributed by atoms with Gasteiger partial charge in [-0.2, -0.15) is 0 Å². The van der Waals surface area contributed by atoms with E-state index in [1.807, 2.05) is 0 Å². The van der Waals surface area contributed by atoms with Crippen LogP contribution in [-0.4, -0.2) is 48.4 Å². The largest absolute Gasteiger partial charge is 0.464 e. The number of esters is 1. The SMILES string of the molecule is CC(=O)OC[C@@H]1NCCC2(O)C(=O)C=C3OCOC3=C12. The fraction of sp³-hybridized carbons (Fsp3) is 0.538. The lowest BCUT2D eigenvalue weighted by molar-refractivity contribution is -0.142. The molecule has 0 aromatic carbocycles. The number of carbonyl (C=O) groups is 2. The highest BCUT2D eigenvalue weighted by Crippen LogP contribution is 2.40. The van der Waals surface area contributed by atoms with Gasteiger partial charge in [0.1, 0.15) is 6.61 Å². The molecule has 1 aliphatic carbocycles. The first-order valence-electron chi connectivity index (χ1n) is 6.38. The summed E-state index contributed by atoms with van der Waals surface area (Å²) in [5.74, 6) is -0.151. The van der Waals surface area contributed by atoms with Crippen LogP contribution in [0.1, 0.15) is 13.3 Å². The van der Waals surface area contributed by atoms with Crippen LogP contribution >= 0.6 is 0 Å². The van der Waals surface area contributed by atoms with Crippen LogP contribution in [0.25, 0.3) is 0 Å². The van der Waals surface area contributed by atoms with Crippen molar-refractivity contribution in [1.82, 2.24) is 5.32 Å². The van der Waals surface area contributed by atoms with Gasteiger partial charge in [-0.1, -0.05) is 0 Å². The van der Waals surface area contributed by atoms with Crippen LogP contribution in [0.15, 0.2) is 23.2 Å². The van der Waals surface area contributed by atoms with Crippen molar-refractivity contribution in [2.24, 2.45) is 0 Å². The summed E-state index contributed by atoms with van der Waals surface area (Å²) in [6, 6.07) is -0.470. The van der Waals surface area contributed by atoms with Gasteiger partial charge in [0.05, 0.1) is 6.04 Å². The number of ether oxygens (including phenoxy) is 3. The Balaban J connectivity index is 1.99. The monoisotopic (exact) mass is 281 g/mol. The van der Waals surface area contributed by atoms with Gasteiger partial charge in [0.2, 0.25) is 6.79 Å².